The van der Waals surface area contributed by atoms with E-state index >= 15 is 0 Å². The summed E-state index contributed by atoms with van der Waals surface area (Å²) in [5, 5.41) is 17.7. The van der Waals surface area contributed by atoms with Gasteiger partial charge in [0, 0.05) is 13.1 Å². The molecule has 0 aromatic carbocycles. The summed E-state index contributed by atoms with van der Waals surface area (Å²) >= 11 is 0. The second kappa shape index (κ2) is 6.10. The number of rotatable bonds is 6. The van der Waals surface area contributed by atoms with E-state index in [1.165, 1.54) is 6.20 Å². The number of anilines is 1. The van der Waals surface area contributed by atoms with E-state index in [0.717, 1.165) is 0 Å². The number of aliphatic hydroxyl groups is 2. The lowest BCUT2D eigenvalue weighted by Gasteiger charge is -2.20. The molecule has 0 saturated carbocycles. The highest BCUT2D eigenvalue weighted by Gasteiger charge is 2.05. The zero-order chi connectivity index (χ0) is 11.1. The maximum Gasteiger partial charge on any atom is 0.147 e. The maximum atomic E-state index is 8.86. The third kappa shape index (κ3) is 3.30. The summed E-state index contributed by atoms with van der Waals surface area (Å²) in [5.74, 6) is 0.668. The van der Waals surface area contributed by atoms with Gasteiger partial charge in [-0.05, 0) is 0 Å². The molecule has 15 heavy (non-hydrogen) atoms. The largest absolute Gasteiger partial charge is 0.395 e. The Morgan fingerprint density at radius 1 is 1.33 bits per heavy atom. The average Bonchev–Trinajstić information content (AvgIpc) is 2.29. The van der Waals surface area contributed by atoms with Crippen LogP contribution in [0.3, 0.4) is 0 Å². The quantitative estimate of drug-likeness (QED) is 0.643. The van der Waals surface area contributed by atoms with Crippen LogP contribution >= 0.6 is 0 Å². The highest BCUT2D eigenvalue weighted by atomic mass is 16.3. The molecule has 0 aliphatic rings. The Balaban J connectivity index is 2.76. The molecule has 0 amide bonds. The van der Waals surface area contributed by atoms with Crippen molar-refractivity contribution in [2.75, 3.05) is 24.6 Å². The van der Waals surface area contributed by atoms with Gasteiger partial charge < -0.3 is 15.1 Å². The molecule has 2 N–H and O–H groups in total. The Bertz CT molecular complexity index is 300. The first kappa shape index (κ1) is 11.6. The summed E-state index contributed by atoms with van der Waals surface area (Å²) in [5.41, 5.74) is 0.529. The molecule has 0 unspecified atom stereocenters. The van der Waals surface area contributed by atoms with Crippen molar-refractivity contribution in [3.63, 3.8) is 0 Å². The molecule has 0 fully saturated rings. The molecule has 1 heterocycles. The Morgan fingerprint density at radius 3 is 2.60 bits per heavy atom. The van der Waals surface area contributed by atoms with Gasteiger partial charge in [0.05, 0.1) is 31.3 Å². The SMILES string of the molecule is C=CCN(CCO)c1cnc(CO)cn1. The van der Waals surface area contributed by atoms with Gasteiger partial charge in [-0.2, -0.15) is 0 Å². The van der Waals surface area contributed by atoms with E-state index in [-0.39, 0.29) is 13.2 Å². The molecule has 0 radical (unpaired) electrons. The predicted molar refractivity (Wildman–Crippen MR) is 57.5 cm³/mol. The molecular formula is C10H15N3O2. The van der Waals surface area contributed by atoms with Crippen LogP contribution in [0.25, 0.3) is 0 Å². The van der Waals surface area contributed by atoms with E-state index in [1.807, 2.05) is 4.90 Å². The van der Waals surface area contributed by atoms with Crippen LogP contribution in [-0.4, -0.2) is 39.9 Å². The Morgan fingerprint density at radius 2 is 2.13 bits per heavy atom. The zero-order valence-corrected chi connectivity index (χ0v) is 8.50. The van der Waals surface area contributed by atoms with Crippen molar-refractivity contribution in [3.05, 3.63) is 30.7 Å². The molecule has 1 aromatic rings. The Kier molecular flexibility index (Phi) is 4.73. The minimum absolute atomic E-state index is 0.0528. The molecule has 0 bridgehead atoms. The Labute approximate surface area is 88.7 Å². The van der Waals surface area contributed by atoms with Crippen molar-refractivity contribution in [1.82, 2.24) is 9.97 Å². The van der Waals surface area contributed by atoms with Crippen LogP contribution in [0, 0.1) is 0 Å². The van der Waals surface area contributed by atoms with E-state index in [2.05, 4.69) is 16.5 Å². The van der Waals surface area contributed by atoms with Gasteiger partial charge >= 0.3 is 0 Å². The summed E-state index contributed by atoms with van der Waals surface area (Å²) in [6, 6.07) is 0. The van der Waals surface area contributed by atoms with Crippen molar-refractivity contribution < 1.29 is 10.2 Å². The summed E-state index contributed by atoms with van der Waals surface area (Å²) in [4.78, 5) is 9.99. The summed E-state index contributed by atoms with van der Waals surface area (Å²) in [6.07, 6.45) is 4.82. The normalized spacial score (nSPS) is 10.0. The van der Waals surface area contributed by atoms with Gasteiger partial charge in [-0.25, -0.2) is 4.98 Å². The van der Waals surface area contributed by atoms with E-state index < -0.39 is 0 Å². The van der Waals surface area contributed by atoms with Gasteiger partial charge in [0.1, 0.15) is 5.82 Å². The number of hydrogen-bond donors (Lipinski definition) is 2. The molecule has 0 atom stereocenters. The fraction of sp³-hybridized carbons (Fsp3) is 0.400. The third-order valence-corrected chi connectivity index (χ3v) is 1.90. The van der Waals surface area contributed by atoms with Gasteiger partial charge in [0.15, 0.2) is 0 Å². The molecule has 5 nitrogen and oxygen atoms in total. The molecular weight excluding hydrogens is 194 g/mol. The second-order valence-corrected chi connectivity index (χ2v) is 2.98. The topological polar surface area (TPSA) is 69.5 Å². The summed E-state index contributed by atoms with van der Waals surface area (Å²) in [7, 11) is 0. The summed E-state index contributed by atoms with van der Waals surface area (Å²) < 4.78 is 0. The van der Waals surface area contributed by atoms with Crippen LogP contribution < -0.4 is 4.90 Å². The molecule has 0 spiro atoms. The van der Waals surface area contributed by atoms with Crippen LogP contribution in [0.5, 0.6) is 0 Å². The molecule has 82 valence electrons. The van der Waals surface area contributed by atoms with Crippen LogP contribution in [0.15, 0.2) is 25.0 Å². The van der Waals surface area contributed by atoms with E-state index in [9.17, 15) is 0 Å². The molecule has 1 rings (SSSR count). The van der Waals surface area contributed by atoms with Crippen LogP contribution in [-0.2, 0) is 6.61 Å². The van der Waals surface area contributed by atoms with Crippen LogP contribution in [0.2, 0.25) is 0 Å². The lowest BCUT2D eigenvalue weighted by molar-refractivity contribution is 0.276. The lowest BCUT2D eigenvalue weighted by atomic mass is 10.4. The highest BCUT2D eigenvalue weighted by Crippen LogP contribution is 2.08. The fourth-order valence-corrected chi connectivity index (χ4v) is 1.17. The number of nitrogens with zero attached hydrogens (tertiary/aromatic N) is 3. The number of aliphatic hydroxyl groups excluding tert-OH is 2. The van der Waals surface area contributed by atoms with Gasteiger partial charge in [-0.1, -0.05) is 6.08 Å². The van der Waals surface area contributed by atoms with E-state index in [4.69, 9.17) is 10.2 Å². The predicted octanol–water partition coefficient (Wildman–Crippen LogP) is -0.0464. The van der Waals surface area contributed by atoms with E-state index in [0.29, 0.717) is 24.6 Å². The highest BCUT2D eigenvalue weighted by molar-refractivity contribution is 5.36. The van der Waals surface area contributed by atoms with Gasteiger partial charge in [-0.15, -0.1) is 6.58 Å². The zero-order valence-electron chi connectivity index (χ0n) is 8.50. The molecule has 0 saturated heterocycles. The smallest absolute Gasteiger partial charge is 0.147 e. The first-order valence-corrected chi connectivity index (χ1v) is 4.70. The van der Waals surface area contributed by atoms with Gasteiger partial charge in [0.25, 0.3) is 0 Å². The monoisotopic (exact) mass is 209 g/mol. The Hall–Kier alpha value is -1.46. The fourth-order valence-electron chi connectivity index (χ4n) is 1.17. The second-order valence-electron chi connectivity index (χ2n) is 2.98. The number of aromatic nitrogens is 2. The number of hydrogen-bond acceptors (Lipinski definition) is 5. The lowest BCUT2D eigenvalue weighted by Crippen LogP contribution is -2.27. The van der Waals surface area contributed by atoms with Crippen molar-refractivity contribution >= 4 is 5.82 Å². The van der Waals surface area contributed by atoms with Crippen molar-refractivity contribution in [2.24, 2.45) is 0 Å². The van der Waals surface area contributed by atoms with Gasteiger partial charge in [0.2, 0.25) is 0 Å². The molecule has 1 aromatic heterocycles. The third-order valence-electron chi connectivity index (χ3n) is 1.90. The average molecular weight is 209 g/mol. The molecule has 0 aliphatic carbocycles. The maximum absolute atomic E-state index is 8.86. The summed E-state index contributed by atoms with van der Waals surface area (Å²) in [6.45, 7) is 4.66. The first-order chi connectivity index (χ1) is 7.31. The van der Waals surface area contributed by atoms with Crippen molar-refractivity contribution in [1.29, 1.82) is 0 Å². The van der Waals surface area contributed by atoms with Gasteiger partial charge in [-0.3, -0.25) is 4.98 Å². The van der Waals surface area contributed by atoms with Crippen molar-refractivity contribution in [2.45, 2.75) is 6.61 Å². The first-order valence-electron chi connectivity index (χ1n) is 4.70. The molecule has 0 aliphatic heterocycles. The van der Waals surface area contributed by atoms with E-state index in [1.54, 1.807) is 12.3 Å². The minimum Gasteiger partial charge on any atom is -0.395 e. The standard InChI is InChI=1S/C10H15N3O2/c1-2-3-13(4-5-14)10-7-11-9(8-15)6-12-10/h2,6-7,14-15H,1,3-5,8H2. The van der Waals surface area contributed by atoms with Crippen molar-refractivity contribution in [3.8, 4) is 0 Å². The van der Waals surface area contributed by atoms with Crippen LogP contribution in [0.1, 0.15) is 5.69 Å². The minimum atomic E-state index is -0.116. The molecule has 5 heteroatoms. The van der Waals surface area contributed by atoms with Crippen LogP contribution in [0.4, 0.5) is 5.82 Å².